The number of aromatic nitrogens is 2. The highest BCUT2D eigenvalue weighted by Crippen LogP contribution is 2.32. The van der Waals surface area contributed by atoms with Crippen LogP contribution in [0, 0.1) is 13.8 Å². The van der Waals surface area contributed by atoms with Crippen molar-refractivity contribution < 1.29 is 0 Å². The van der Waals surface area contributed by atoms with Gasteiger partial charge in [-0.05, 0) is 43.7 Å². The van der Waals surface area contributed by atoms with Crippen LogP contribution < -0.4 is 5.32 Å². The molecule has 1 N–H and O–H groups in total. The van der Waals surface area contributed by atoms with E-state index in [9.17, 15) is 0 Å². The number of halogens is 1. The first-order valence-corrected chi connectivity index (χ1v) is 8.16. The van der Waals surface area contributed by atoms with Crippen LogP contribution in [0.3, 0.4) is 0 Å². The van der Waals surface area contributed by atoms with Gasteiger partial charge in [-0.15, -0.1) is 11.3 Å². The molecule has 0 bridgehead atoms. The summed E-state index contributed by atoms with van der Waals surface area (Å²) in [7, 11) is 0. The molecule has 106 valence electrons. The number of anilines is 2. The Labute approximate surface area is 136 Å². The van der Waals surface area contributed by atoms with E-state index in [1.165, 1.54) is 10.4 Å². The standard InChI is InChI=1S/C16H14BrN3S/c1-10-7-8-18-14(9-10)19-16-20-15(11(2)21-16)12-3-5-13(17)6-4-12/h3-9H,1-2H3,(H,18,19,20). The smallest absolute Gasteiger partial charge is 0.189 e. The van der Waals surface area contributed by atoms with Gasteiger partial charge < -0.3 is 5.32 Å². The molecule has 0 aliphatic heterocycles. The normalized spacial score (nSPS) is 10.6. The first kappa shape index (κ1) is 14.2. The highest BCUT2D eigenvalue weighted by Gasteiger charge is 2.10. The van der Waals surface area contributed by atoms with Crippen LogP contribution in [-0.4, -0.2) is 9.97 Å². The van der Waals surface area contributed by atoms with Crippen molar-refractivity contribution in [1.29, 1.82) is 0 Å². The van der Waals surface area contributed by atoms with E-state index in [0.717, 1.165) is 26.7 Å². The molecule has 2 aromatic heterocycles. The Morgan fingerprint density at radius 2 is 1.86 bits per heavy atom. The zero-order chi connectivity index (χ0) is 14.8. The van der Waals surface area contributed by atoms with E-state index in [4.69, 9.17) is 0 Å². The molecule has 3 nitrogen and oxygen atoms in total. The average Bonchev–Trinajstić information content (AvgIpc) is 2.80. The van der Waals surface area contributed by atoms with E-state index < -0.39 is 0 Å². The minimum Gasteiger partial charge on any atom is -0.316 e. The number of pyridine rings is 1. The van der Waals surface area contributed by atoms with Gasteiger partial charge in [-0.1, -0.05) is 28.1 Å². The topological polar surface area (TPSA) is 37.8 Å². The second-order valence-electron chi connectivity index (χ2n) is 4.77. The molecule has 0 saturated carbocycles. The number of nitrogens with one attached hydrogen (secondary N) is 1. The lowest BCUT2D eigenvalue weighted by Gasteiger charge is -2.01. The summed E-state index contributed by atoms with van der Waals surface area (Å²) in [5.74, 6) is 0.825. The van der Waals surface area contributed by atoms with Crippen molar-refractivity contribution in [2.75, 3.05) is 5.32 Å². The molecule has 0 aliphatic carbocycles. The maximum absolute atomic E-state index is 4.69. The molecule has 3 aromatic rings. The van der Waals surface area contributed by atoms with Crippen LogP contribution in [0.5, 0.6) is 0 Å². The van der Waals surface area contributed by atoms with Crippen LogP contribution in [0.25, 0.3) is 11.3 Å². The monoisotopic (exact) mass is 359 g/mol. The number of hydrogen-bond donors (Lipinski definition) is 1. The summed E-state index contributed by atoms with van der Waals surface area (Å²) < 4.78 is 1.07. The lowest BCUT2D eigenvalue weighted by atomic mass is 10.1. The van der Waals surface area contributed by atoms with E-state index in [0.29, 0.717) is 0 Å². The van der Waals surface area contributed by atoms with Gasteiger partial charge in [0.1, 0.15) is 5.82 Å². The van der Waals surface area contributed by atoms with Gasteiger partial charge in [0.15, 0.2) is 5.13 Å². The number of rotatable bonds is 3. The maximum Gasteiger partial charge on any atom is 0.189 e. The van der Waals surface area contributed by atoms with Gasteiger partial charge in [-0.25, -0.2) is 9.97 Å². The lowest BCUT2D eigenvalue weighted by molar-refractivity contribution is 1.26. The van der Waals surface area contributed by atoms with E-state index in [1.54, 1.807) is 17.5 Å². The Balaban J connectivity index is 1.89. The summed E-state index contributed by atoms with van der Waals surface area (Å²) in [5, 5.41) is 4.14. The molecule has 2 heterocycles. The second-order valence-corrected chi connectivity index (χ2v) is 6.89. The van der Waals surface area contributed by atoms with E-state index >= 15 is 0 Å². The molecule has 0 saturated heterocycles. The Kier molecular flexibility index (Phi) is 4.03. The van der Waals surface area contributed by atoms with Gasteiger partial charge in [0.25, 0.3) is 0 Å². The Morgan fingerprint density at radius 3 is 2.57 bits per heavy atom. The quantitative estimate of drug-likeness (QED) is 0.686. The Morgan fingerprint density at radius 1 is 1.10 bits per heavy atom. The summed E-state index contributed by atoms with van der Waals surface area (Å²) in [6.45, 7) is 4.14. The van der Waals surface area contributed by atoms with E-state index in [2.05, 4.69) is 50.3 Å². The number of hydrogen-bond acceptors (Lipinski definition) is 4. The third-order valence-electron chi connectivity index (χ3n) is 3.06. The maximum atomic E-state index is 4.69. The molecule has 0 spiro atoms. The summed E-state index contributed by atoms with van der Waals surface area (Å²) >= 11 is 5.09. The summed E-state index contributed by atoms with van der Waals surface area (Å²) in [5.41, 5.74) is 3.31. The Bertz CT molecular complexity index is 765. The molecule has 3 rings (SSSR count). The minimum absolute atomic E-state index is 0.825. The van der Waals surface area contributed by atoms with Gasteiger partial charge in [0.05, 0.1) is 5.69 Å². The zero-order valence-electron chi connectivity index (χ0n) is 11.7. The third kappa shape index (κ3) is 3.31. The first-order chi connectivity index (χ1) is 10.1. The fourth-order valence-corrected chi connectivity index (χ4v) is 3.15. The minimum atomic E-state index is 0.825. The largest absolute Gasteiger partial charge is 0.316 e. The lowest BCUT2D eigenvalue weighted by Crippen LogP contribution is -1.93. The predicted octanol–water partition coefficient (Wildman–Crippen LogP) is 5.33. The van der Waals surface area contributed by atoms with Crippen LogP contribution in [-0.2, 0) is 0 Å². The van der Waals surface area contributed by atoms with Crippen molar-refractivity contribution in [2.24, 2.45) is 0 Å². The van der Waals surface area contributed by atoms with Gasteiger partial charge >= 0.3 is 0 Å². The summed E-state index contributed by atoms with van der Waals surface area (Å²) in [6.07, 6.45) is 1.80. The molecule has 0 radical (unpaired) electrons. The van der Waals surface area contributed by atoms with Crippen molar-refractivity contribution in [3.63, 3.8) is 0 Å². The Hall–Kier alpha value is -1.72. The molecule has 0 amide bonds. The number of thiazole rings is 1. The predicted molar refractivity (Wildman–Crippen MR) is 92.2 cm³/mol. The molecule has 0 unspecified atom stereocenters. The van der Waals surface area contributed by atoms with Crippen molar-refractivity contribution in [1.82, 2.24) is 9.97 Å². The molecule has 1 aromatic carbocycles. The highest BCUT2D eigenvalue weighted by atomic mass is 79.9. The summed E-state index contributed by atoms with van der Waals surface area (Å²) in [6, 6.07) is 12.2. The second kappa shape index (κ2) is 5.95. The number of aryl methyl sites for hydroxylation is 2. The average molecular weight is 360 g/mol. The molecule has 0 aliphatic rings. The van der Waals surface area contributed by atoms with Crippen molar-refractivity contribution in [2.45, 2.75) is 13.8 Å². The molecular weight excluding hydrogens is 346 g/mol. The van der Waals surface area contributed by atoms with E-state index in [-0.39, 0.29) is 0 Å². The third-order valence-corrected chi connectivity index (χ3v) is 4.48. The molecular formula is C16H14BrN3S. The molecule has 0 fully saturated rings. The highest BCUT2D eigenvalue weighted by molar-refractivity contribution is 9.10. The number of benzene rings is 1. The number of nitrogens with zero attached hydrogens (tertiary/aromatic N) is 2. The molecule has 5 heteroatoms. The molecule has 21 heavy (non-hydrogen) atoms. The van der Waals surface area contributed by atoms with Crippen molar-refractivity contribution in [3.05, 3.63) is 57.5 Å². The van der Waals surface area contributed by atoms with Crippen LogP contribution in [0.1, 0.15) is 10.4 Å². The van der Waals surface area contributed by atoms with E-state index in [1.807, 2.05) is 31.2 Å². The van der Waals surface area contributed by atoms with Crippen molar-refractivity contribution in [3.8, 4) is 11.3 Å². The van der Waals surface area contributed by atoms with Gasteiger partial charge in [-0.2, -0.15) is 0 Å². The van der Waals surface area contributed by atoms with Crippen LogP contribution in [0.4, 0.5) is 10.9 Å². The van der Waals surface area contributed by atoms with Gasteiger partial charge in [0, 0.05) is 21.1 Å². The molecule has 0 atom stereocenters. The fourth-order valence-electron chi connectivity index (χ4n) is 2.04. The van der Waals surface area contributed by atoms with Gasteiger partial charge in [-0.3, -0.25) is 0 Å². The summed E-state index contributed by atoms with van der Waals surface area (Å²) in [4.78, 5) is 10.2. The van der Waals surface area contributed by atoms with Crippen LogP contribution in [0.15, 0.2) is 47.1 Å². The fraction of sp³-hybridized carbons (Fsp3) is 0.125. The van der Waals surface area contributed by atoms with Crippen LogP contribution in [0.2, 0.25) is 0 Å². The van der Waals surface area contributed by atoms with Crippen molar-refractivity contribution >= 4 is 38.2 Å². The van der Waals surface area contributed by atoms with Crippen LogP contribution >= 0.6 is 27.3 Å². The van der Waals surface area contributed by atoms with Gasteiger partial charge in [0.2, 0.25) is 0 Å². The SMILES string of the molecule is Cc1ccnc(Nc2nc(-c3ccc(Br)cc3)c(C)s2)c1. The first-order valence-electron chi connectivity index (χ1n) is 6.55. The zero-order valence-corrected chi connectivity index (χ0v) is 14.1.